The van der Waals surface area contributed by atoms with Gasteiger partial charge in [0.15, 0.2) is 5.82 Å². The summed E-state index contributed by atoms with van der Waals surface area (Å²) in [5.74, 6) is 6.82. The number of hydrazine groups is 1. The normalized spacial score (nSPS) is 16.2. The molecule has 0 saturated heterocycles. The van der Waals surface area contributed by atoms with Gasteiger partial charge in [-0.15, -0.1) is 0 Å². The number of pyridine rings is 1. The van der Waals surface area contributed by atoms with Crippen molar-refractivity contribution in [3.63, 3.8) is 0 Å². The molecule has 8 heteroatoms. The first-order chi connectivity index (χ1) is 13.1. The maximum absolute atomic E-state index is 12.1. The number of nitrogens with zero attached hydrogens (tertiary/aromatic N) is 2. The monoisotopic (exact) mass is 391 g/mol. The smallest absolute Gasteiger partial charge is 0.413 e. The van der Waals surface area contributed by atoms with Crippen LogP contribution in [0.3, 0.4) is 0 Å². The summed E-state index contributed by atoms with van der Waals surface area (Å²) in [7, 11) is 1.58. The van der Waals surface area contributed by atoms with Crippen molar-refractivity contribution in [1.82, 2.24) is 15.3 Å². The summed E-state index contributed by atoms with van der Waals surface area (Å²) >= 11 is 0. The molecular weight excluding hydrogens is 358 g/mol. The summed E-state index contributed by atoms with van der Waals surface area (Å²) < 4.78 is 11.4. The van der Waals surface area contributed by atoms with Crippen molar-refractivity contribution in [2.24, 2.45) is 11.6 Å². The Hall–Kier alpha value is -2.48. The topological polar surface area (TPSA) is 116 Å². The van der Waals surface area contributed by atoms with Gasteiger partial charge < -0.3 is 15.2 Å². The minimum atomic E-state index is -0.642. The number of amides is 1. The molecule has 0 spiro atoms. The lowest BCUT2D eigenvalue weighted by Gasteiger charge is -2.25. The van der Waals surface area contributed by atoms with Crippen LogP contribution in [0.25, 0.3) is 5.70 Å². The molecule has 5 N–H and O–H groups in total. The number of hydrogen-bond donors (Lipinski definition) is 3. The lowest BCUT2D eigenvalue weighted by atomic mass is 9.98. The van der Waals surface area contributed by atoms with Crippen LogP contribution in [0.4, 0.5) is 4.79 Å². The fourth-order valence-corrected chi connectivity index (χ4v) is 3.05. The molecule has 2 rings (SSSR count). The van der Waals surface area contributed by atoms with Crippen molar-refractivity contribution in [2.75, 3.05) is 7.05 Å². The molecule has 0 aliphatic heterocycles. The Kier molecular flexibility index (Phi) is 7.12. The van der Waals surface area contributed by atoms with Gasteiger partial charge in [0, 0.05) is 7.05 Å². The van der Waals surface area contributed by atoms with Crippen molar-refractivity contribution in [2.45, 2.75) is 71.5 Å². The quantitative estimate of drug-likeness (QED) is 0.522. The molecule has 1 heterocycles. The minimum Gasteiger partial charge on any atom is -0.489 e. The van der Waals surface area contributed by atoms with Gasteiger partial charge in [-0.2, -0.15) is 0 Å². The lowest BCUT2D eigenvalue weighted by Crippen LogP contribution is -2.41. The van der Waals surface area contributed by atoms with Gasteiger partial charge in [-0.1, -0.05) is 6.42 Å². The average molecular weight is 392 g/mol. The number of aromatic nitrogens is 1. The maximum Gasteiger partial charge on any atom is 0.413 e. The number of ether oxygens (including phenoxy) is 2. The Balaban J connectivity index is 2.19. The second-order valence-corrected chi connectivity index (χ2v) is 8.16. The van der Waals surface area contributed by atoms with E-state index in [1.165, 1.54) is 24.3 Å². The highest BCUT2D eigenvalue weighted by atomic mass is 16.6. The molecule has 0 aromatic carbocycles. The third-order valence-electron chi connectivity index (χ3n) is 4.39. The second kappa shape index (κ2) is 9.14. The number of carbonyl (C=O) groups is 1. The molecule has 1 fully saturated rings. The van der Waals surface area contributed by atoms with Crippen LogP contribution in [0.1, 0.15) is 64.3 Å². The molecule has 1 aromatic rings. The lowest BCUT2D eigenvalue weighted by molar-refractivity contribution is 0.0530. The number of alkyl carbamates (subject to hydrolysis) is 1. The van der Waals surface area contributed by atoms with E-state index in [1.807, 2.05) is 13.0 Å². The Bertz CT molecular complexity index is 719. The number of hydrogen-bond acceptors (Lipinski definition) is 7. The minimum absolute atomic E-state index is 0.210. The first-order valence-corrected chi connectivity index (χ1v) is 9.69. The number of nitrogens with one attached hydrogen (secondary N) is 1. The van der Waals surface area contributed by atoms with Crippen LogP contribution in [0.5, 0.6) is 5.75 Å². The molecule has 8 nitrogen and oxygen atoms in total. The summed E-state index contributed by atoms with van der Waals surface area (Å²) in [5.41, 5.74) is 7.08. The summed E-state index contributed by atoms with van der Waals surface area (Å²) in [6.07, 6.45) is 5.43. The first-order valence-electron chi connectivity index (χ1n) is 9.69. The molecule has 0 unspecified atom stereocenters. The Morgan fingerprint density at radius 1 is 1.25 bits per heavy atom. The predicted molar refractivity (Wildman–Crippen MR) is 109 cm³/mol. The van der Waals surface area contributed by atoms with Crippen molar-refractivity contribution in [3.05, 3.63) is 29.3 Å². The Morgan fingerprint density at radius 2 is 1.89 bits per heavy atom. The fourth-order valence-electron chi connectivity index (χ4n) is 3.05. The van der Waals surface area contributed by atoms with Crippen LogP contribution < -0.4 is 21.6 Å². The second-order valence-electron chi connectivity index (χ2n) is 8.16. The van der Waals surface area contributed by atoms with Gasteiger partial charge in [0.1, 0.15) is 17.0 Å². The van der Waals surface area contributed by atoms with Crippen molar-refractivity contribution >= 4 is 11.8 Å². The molecule has 1 aliphatic carbocycles. The molecule has 28 heavy (non-hydrogen) atoms. The van der Waals surface area contributed by atoms with Crippen LogP contribution in [0.2, 0.25) is 0 Å². The van der Waals surface area contributed by atoms with Gasteiger partial charge in [-0.25, -0.2) is 15.6 Å². The summed E-state index contributed by atoms with van der Waals surface area (Å²) in [4.78, 5) is 16.6. The van der Waals surface area contributed by atoms with Crippen molar-refractivity contribution < 1.29 is 14.3 Å². The van der Waals surface area contributed by atoms with Crippen molar-refractivity contribution in [3.8, 4) is 5.75 Å². The summed E-state index contributed by atoms with van der Waals surface area (Å²) in [6.45, 7) is 7.21. The van der Waals surface area contributed by atoms with Gasteiger partial charge in [-0.05, 0) is 65.5 Å². The number of nitrogens with two attached hydrogens (primary N) is 2. The van der Waals surface area contributed by atoms with Crippen LogP contribution >= 0.6 is 0 Å². The van der Waals surface area contributed by atoms with Crippen molar-refractivity contribution in [1.29, 1.82) is 0 Å². The molecular formula is C20H33N5O3. The molecule has 0 bridgehead atoms. The van der Waals surface area contributed by atoms with Crippen LogP contribution in [0.15, 0.2) is 18.0 Å². The number of aryl methyl sites for hydroxylation is 1. The van der Waals surface area contributed by atoms with E-state index < -0.39 is 11.7 Å². The zero-order valence-electron chi connectivity index (χ0n) is 17.5. The molecule has 1 aliphatic rings. The van der Waals surface area contributed by atoms with Gasteiger partial charge >= 0.3 is 6.09 Å². The maximum atomic E-state index is 12.1. The van der Waals surface area contributed by atoms with Gasteiger partial charge in [0.25, 0.3) is 0 Å². The van der Waals surface area contributed by atoms with E-state index in [0.717, 1.165) is 24.3 Å². The molecule has 0 atom stereocenters. The third kappa shape index (κ3) is 6.30. The van der Waals surface area contributed by atoms with E-state index in [2.05, 4.69) is 10.3 Å². The van der Waals surface area contributed by atoms with E-state index >= 15 is 0 Å². The molecule has 156 valence electrons. The third-order valence-corrected chi connectivity index (χ3v) is 4.39. The largest absolute Gasteiger partial charge is 0.489 e. The fraction of sp³-hybridized carbons (Fsp3) is 0.600. The first kappa shape index (κ1) is 21.8. The van der Waals surface area contributed by atoms with Crippen LogP contribution in [-0.2, 0) is 4.74 Å². The van der Waals surface area contributed by atoms with E-state index in [4.69, 9.17) is 21.1 Å². The molecule has 1 amide bonds. The zero-order valence-corrected chi connectivity index (χ0v) is 17.5. The highest BCUT2D eigenvalue weighted by molar-refractivity contribution is 5.74. The van der Waals surface area contributed by atoms with Crippen LogP contribution in [0, 0.1) is 6.92 Å². The average Bonchev–Trinajstić information content (AvgIpc) is 2.60. The number of rotatable bonds is 5. The van der Waals surface area contributed by atoms with Crippen LogP contribution in [-0.4, -0.2) is 34.8 Å². The van der Waals surface area contributed by atoms with E-state index in [0.29, 0.717) is 5.69 Å². The summed E-state index contributed by atoms with van der Waals surface area (Å²) in [6, 6.07) is 3.63. The van der Waals surface area contributed by atoms with E-state index in [1.54, 1.807) is 33.9 Å². The van der Waals surface area contributed by atoms with E-state index in [-0.39, 0.29) is 17.6 Å². The van der Waals surface area contributed by atoms with Gasteiger partial charge in [0.05, 0.1) is 17.5 Å². The zero-order chi connectivity index (χ0) is 20.9. The van der Waals surface area contributed by atoms with E-state index in [9.17, 15) is 4.79 Å². The SMILES string of the molecule is Cc1nc(/C(N)=C(\NC(=O)OC(C)(C)C)N(C)N)ccc1OC1CCCCC1. The standard InChI is InChI=1S/C20H33N5O3/c1-13-16(27-14-9-7-6-8-10-14)12-11-15(23-13)17(21)18(25(5)22)24-19(26)28-20(2,3)4/h11-12,14H,6-10,21-22H2,1-5H3,(H,24,26)/b18-17-. The predicted octanol–water partition coefficient (Wildman–Crippen LogP) is 3.02. The highest BCUT2D eigenvalue weighted by Crippen LogP contribution is 2.26. The summed E-state index contributed by atoms with van der Waals surface area (Å²) in [5, 5.41) is 3.82. The van der Waals surface area contributed by atoms with Gasteiger partial charge in [0.2, 0.25) is 0 Å². The molecule has 1 saturated carbocycles. The highest BCUT2D eigenvalue weighted by Gasteiger charge is 2.21. The Labute approximate surface area is 167 Å². The Morgan fingerprint density at radius 3 is 2.43 bits per heavy atom. The number of carbonyl (C=O) groups excluding carboxylic acids is 1. The van der Waals surface area contributed by atoms with Gasteiger partial charge in [-0.3, -0.25) is 10.3 Å². The molecule has 0 radical (unpaired) electrons. The molecule has 1 aromatic heterocycles.